The molecule has 2 heteroatoms. The minimum Gasteiger partial charge on any atom is -0.382 e. The van der Waals surface area contributed by atoms with E-state index in [-0.39, 0.29) is 0 Å². The first-order valence-electron chi connectivity index (χ1n) is 1.45. The van der Waals surface area contributed by atoms with Gasteiger partial charge in [-0.15, -0.1) is 0 Å². The molecular weight excluding hydrogens is 80.0 g/mol. The summed E-state index contributed by atoms with van der Waals surface area (Å²) in [7, 11) is 0. The molecule has 0 rings (SSSR count). The average molecular weight is 85.1 g/mol. The standard InChI is InChI=1S/C4H5O2/c1-2-4(6)3-5/h2-3,5H,1H2. The maximum atomic E-state index is 9.76. The van der Waals surface area contributed by atoms with E-state index in [0.717, 1.165) is 6.08 Å². The molecule has 0 saturated carbocycles. The lowest BCUT2D eigenvalue weighted by atomic mass is 10.4. The molecule has 0 aromatic rings. The van der Waals surface area contributed by atoms with Crippen LogP contribution in [-0.2, 0) is 4.79 Å². The number of ketones is 1. The Bertz CT molecular complexity index is 65.9. The molecule has 2 nitrogen and oxygen atoms in total. The average Bonchev–Trinajstić information content (AvgIpc) is 1.65. The third-order valence-electron chi connectivity index (χ3n) is 0.328. The van der Waals surface area contributed by atoms with Crippen LogP contribution in [0.15, 0.2) is 12.7 Å². The maximum Gasteiger partial charge on any atom is 0.186 e. The predicted molar refractivity (Wildman–Crippen MR) is 21.4 cm³/mol. The molecule has 0 aliphatic rings. The van der Waals surface area contributed by atoms with Gasteiger partial charge in [0.05, 0.1) is 0 Å². The molecule has 0 spiro atoms. The van der Waals surface area contributed by atoms with Gasteiger partial charge in [-0.3, -0.25) is 4.79 Å². The fourth-order valence-corrected chi connectivity index (χ4v) is 0.0527. The van der Waals surface area contributed by atoms with Crippen molar-refractivity contribution in [1.29, 1.82) is 0 Å². The van der Waals surface area contributed by atoms with E-state index in [4.69, 9.17) is 5.11 Å². The van der Waals surface area contributed by atoms with Crippen molar-refractivity contribution in [3.05, 3.63) is 19.3 Å². The zero-order valence-electron chi connectivity index (χ0n) is 3.22. The van der Waals surface area contributed by atoms with Gasteiger partial charge in [0.25, 0.3) is 0 Å². The Hall–Kier alpha value is -0.630. The van der Waals surface area contributed by atoms with Crippen LogP contribution >= 0.6 is 0 Å². The first-order valence-corrected chi connectivity index (χ1v) is 1.45. The van der Waals surface area contributed by atoms with Crippen molar-refractivity contribution in [2.75, 3.05) is 0 Å². The molecule has 33 valence electrons. The zero-order chi connectivity index (χ0) is 4.99. The predicted octanol–water partition coefficient (Wildman–Crippen LogP) is 0.276. The highest BCUT2D eigenvalue weighted by Gasteiger charge is 1.85. The third-order valence-corrected chi connectivity index (χ3v) is 0.328. The summed E-state index contributed by atoms with van der Waals surface area (Å²) in [6.45, 7) is 3.56. The SMILES string of the molecule is C=CC(=O)[CH]O. The molecule has 0 bridgehead atoms. The fraction of sp³-hybridized carbons (Fsp3) is 0. The molecule has 0 aliphatic carbocycles. The van der Waals surface area contributed by atoms with Crippen molar-refractivity contribution in [2.45, 2.75) is 0 Å². The van der Waals surface area contributed by atoms with E-state index >= 15 is 0 Å². The highest BCUT2D eigenvalue weighted by molar-refractivity contribution is 5.94. The van der Waals surface area contributed by atoms with Crippen molar-refractivity contribution in [3.8, 4) is 0 Å². The molecule has 0 aliphatic heterocycles. The van der Waals surface area contributed by atoms with Crippen molar-refractivity contribution < 1.29 is 9.90 Å². The highest BCUT2D eigenvalue weighted by atomic mass is 16.3. The van der Waals surface area contributed by atoms with Crippen LogP contribution in [0.2, 0.25) is 0 Å². The van der Waals surface area contributed by atoms with Crippen molar-refractivity contribution in [3.63, 3.8) is 0 Å². The molecule has 1 radical (unpaired) electrons. The van der Waals surface area contributed by atoms with Crippen LogP contribution in [0.5, 0.6) is 0 Å². The quantitative estimate of drug-likeness (QED) is 0.489. The second kappa shape index (κ2) is 2.60. The molecule has 1 N–H and O–H groups in total. The van der Waals surface area contributed by atoms with E-state index in [1.54, 1.807) is 0 Å². The monoisotopic (exact) mass is 85.0 g/mol. The summed E-state index contributed by atoms with van der Waals surface area (Å²) >= 11 is 0. The second-order valence-electron chi connectivity index (χ2n) is 0.736. The van der Waals surface area contributed by atoms with Crippen molar-refractivity contribution in [1.82, 2.24) is 0 Å². The van der Waals surface area contributed by atoms with Gasteiger partial charge in [-0.1, -0.05) is 6.58 Å². The van der Waals surface area contributed by atoms with E-state index < -0.39 is 5.78 Å². The lowest BCUT2D eigenvalue weighted by molar-refractivity contribution is -0.114. The van der Waals surface area contributed by atoms with Crippen LogP contribution in [0, 0.1) is 6.61 Å². The zero-order valence-corrected chi connectivity index (χ0v) is 3.22. The maximum absolute atomic E-state index is 9.76. The van der Waals surface area contributed by atoms with Gasteiger partial charge in [0.1, 0.15) is 6.61 Å². The van der Waals surface area contributed by atoms with E-state index in [2.05, 4.69) is 6.58 Å². The Balaban J connectivity index is 3.23. The Morgan fingerprint density at radius 3 is 2.33 bits per heavy atom. The lowest BCUT2D eigenvalue weighted by Crippen LogP contribution is -1.88. The Morgan fingerprint density at radius 2 is 2.33 bits per heavy atom. The molecule has 0 aromatic carbocycles. The second-order valence-corrected chi connectivity index (χ2v) is 0.736. The summed E-state index contributed by atoms with van der Waals surface area (Å²) in [6, 6.07) is 0. The van der Waals surface area contributed by atoms with Crippen LogP contribution < -0.4 is 0 Å². The number of aliphatic hydroxyl groups excluding tert-OH is 1. The van der Waals surface area contributed by atoms with E-state index in [1.807, 2.05) is 0 Å². The molecule has 6 heavy (non-hydrogen) atoms. The molecule has 0 atom stereocenters. The van der Waals surface area contributed by atoms with E-state index in [0.29, 0.717) is 6.61 Å². The lowest BCUT2D eigenvalue weighted by Gasteiger charge is -1.74. The first-order chi connectivity index (χ1) is 2.81. The minimum atomic E-state index is -0.463. The van der Waals surface area contributed by atoms with Gasteiger partial charge in [0, 0.05) is 0 Å². The third kappa shape index (κ3) is 1.67. The summed E-state index contributed by atoms with van der Waals surface area (Å²) in [5.74, 6) is -0.463. The van der Waals surface area contributed by atoms with Crippen LogP contribution in [-0.4, -0.2) is 10.9 Å². The summed E-state index contributed by atoms with van der Waals surface area (Å²) in [5, 5.41) is 7.79. The molecule has 0 amide bonds. The van der Waals surface area contributed by atoms with Crippen LogP contribution in [0.25, 0.3) is 0 Å². The molecule has 0 saturated heterocycles. The molecule has 0 fully saturated rings. The minimum absolute atomic E-state index is 0.463. The summed E-state index contributed by atoms with van der Waals surface area (Å²) in [4.78, 5) is 9.76. The Kier molecular flexibility index (Phi) is 2.33. The van der Waals surface area contributed by atoms with E-state index in [9.17, 15) is 4.79 Å². The van der Waals surface area contributed by atoms with Gasteiger partial charge in [0.2, 0.25) is 0 Å². The van der Waals surface area contributed by atoms with Gasteiger partial charge in [-0.25, -0.2) is 0 Å². The largest absolute Gasteiger partial charge is 0.382 e. The topological polar surface area (TPSA) is 37.3 Å². The number of carbonyl (C=O) groups is 1. The van der Waals surface area contributed by atoms with Gasteiger partial charge in [-0.05, 0) is 6.08 Å². The number of rotatable bonds is 2. The van der Waals surface area contributed by atoms with Crippen LogP contribution in [0.3, 0.4) is 0 Å². The Labute approximate surface area is 36.1 Å². The van der Waals surface area contributed by atoms with Crippen LogP contribution in [0.1, 0.15) is 0 Å². The van der Waals surface area contributed by atoms with Crippen molar-refractivity contribution in [2.24, 2.45) is 0 Å². The van der Waals surface area contributed by atoms with Gasteiger partial charge in [-0.2, -0.15) is 0 Å². The highest BCUT2D eigenvalue weighted by Crippen LogP contribution is 1.70. The molecule has 0 aromatic heterocycles. The Morgan fingerprint density at radius 1 is 1.83 bits per heavy atom. The van der Waals surface area contributed by atoms with Gasteiger partial charge < -0.3 is 5.11 Å². The normalized spacial score (nSPS) is 7.50. The summed E-state index contributed by atoms with van der Waals surface area (Å²) in [5.41, 5.74) is 0. The fourth-order valence-electron chi connectivity index (χ4n) is 0.0527. The van der Waals surface area contributed by atoms with E-state index in [1.165, 1.54) is 0 Å². The van der Waals surface area contributed by atoms with Gasteiger partial charge >= 0.3 is 0 Å². The smallest absolute Gasteiger partial charge is 0.186 e. The summed E-state index contributed by atoms with van der Waals surface area (Å²) in [6.07, 6.45) is 1.03. The first kappa shape index (κ1) is 5.37. The molecule has 0 unspecified atom stereocenters. The van der Waals surface area contributed by atoms with Gasteiger partial charge in [0.15, 0.2) is 5.78 Å². The number of carbonyl (C=O) groups excluding carboxylic acids is 1. The van der Waals surface area contributed by atoms with Crippen molar-refractivity contribution >= 4 is 5.78 Å². The molecular formula is C4H5O2. The number of aliphatic hydroxyl groups is 1. The molecule has 0 heterocycles. The summed E-state index contributed by atoms with van der Waals surface area (Å²) < 4.78 is 0. The number of hydrogen-bond acceptors (Lipinski definition) is 2. The van der Waals surface area contributed by atoms with Crippen LogP contribution in [0.4, 0.5) is 0 Å². The number of hydrogen-bond donors (Lipinski definition) is 1.